The van der Waals surface area contributed by atoms with E-state index in [0.29, 0.717) is 27.8 Å². The molecule has 2 aromatic carbocycles. The van der Waals surface area contributed by atoms with Crippen LogP contribution in [0.1, 0.15) is 23.6 Å². The van der Waals surface area contributed by atoms with Gasteiger partial charge in [0.05, 0.1) is 22.9 Å². The fraction of sp³-hybridized carbons (Fsp3) is 0.250. The van der Waals surface area contributed by atoms with E-state index in [1.165, 1.54) is 0 Å². The number of esters is 1. The van der Waals surface area contributed by atoms with Crippen molar-refractivity contribution in [1.29, 1.82) is 0 Å². The molecule has 0 aliphatic rings. The highest BCUT2D eigenvalue weighted by molar-refractivity contribution is 9.10. The summed E-state index contributed by atoms with van der Waals surface area (Å²) in [5.74, 6) is -0.103. The number of carbonyl (C=O) groups excluding carboxylic acids is 1. The Morgan fingerprint density at radius 3 is 2.85 bits per heavy atom. The monoisotopic (exact) mass is 420 g/mol. The molecule has 136 valence electrons. The lowest BCUT2D eigenvalue weighted by Gasteiger charge is -2.13. The van der Waals surface area contributed by atoms with E-state index >= 15 is 0 Å². The van der Waals surface area contributed by atoms with Crippen LogP contribution >= 0.6 is 15.9 Å². The van der Waals surface area contributed by atoms with Gasteiger partial charge in [-0.25, -0.2) is 4.39 Å². The van der Waals surface area contributed by atoms with Gasteiger partial charge in [-0.3, -0.25) is 4.79 Å². The number of fused-ring (bicyclic) bond motifs is 1. The summed E-state index contributed by atoms with van der Waals surface area (Å²) in [4.78, 5) is 11.8. The Balaban J connectivity index is 1.82. The van der Waals surface area contributed by atoms with E-state index in [2.05, 4.69) is 15.9 Å². The molecule has 6 heteroatoms. The molecule has 1 heterocycles. The second kappa shape index (κ2) is 7.91. The van der Waals surface area contributed by atoms with Crippen molar-refractivity contribution in [3.63, 3.8) is 0 Å². The molecule has 0 aliphatic carbocycles. The summed E-state index contributed by atoms with van der Waals surface area (Å²) in [7, 11) is 0. The second-order valence-electron chi connectivity index (χ2n) is 5.92. The number of rotatable bonds is 6. The molecule has 26 heavy (non-hydrogen) atoms. The molecule has 0 aliphatic heterocycles. The van der Waals surface area contributed by atoms with Crippen LogP contribution in [0.15, 0.2) is 45.5 Å². The van der Waals surface area contributed by atoms with Crippen LogP contribution in [0.25, 0.3) is 11.0 Å². The first kappa shape index (κ1) is 18.5. The van der Waals surface area contributed by atoms with Crippen LogP contribution < -0.4 is 4.74 Å². The summed E-state index contributed by atoms with van der Waals surface area (Å²) in [6.45, 7) is 4.29. The van der Waals surface area contributed by atoms with Crippen molar-refractivity contribution in [3.8, 4) is 5.75 Å². The molecule has 0 unspecified atom stereocenters. The van der Waals surface area contributed by atoms with Crippen LogP contribution in [0.3, 0.4) is 0 Å². The SMILES string of the molecule is CCOC(=O)Cc1ccc(C)cc1OCc1cc(Br)c2occ(F)c2c1. The molecule has 0 atom stereocenters. The van der Waals surface area contributed by atoms with Gasteiger partial charge < -0.3 is 13.9 Å². The van der Waals surface area contributed by atoms with Crippen molar-refractivity contribution < 1.29 is 23.1 Å². The number of hydrogen-bond donors (Lipinski definition) is 0. The number of benzene rings is 2. The van der Waals surface area contributed by atoms with Crippen LogP contribution in [0, 0.1) is 12.7 Å². The van der Waals surface area contributed by atoms with E-state index in [9.17, 15) is 9.18 Å². The minimum absolute atomic E-state index is 0.141. The minimum atomic E-state index is -0.416. The third-order valence-electron chi connectivity index (χ3n) is 3.90. The van der Waals surface area contributed by atoms with Crippen LogP contribution in [-0.4, -0.2) is 12.6 Å². The summed E-state index contributed by atoms with van der Waals surface area (Å²) in [5.41, 5.74) is 3.02. The van der Waals surface area contributed by atoms with Gasteiger partial charge >= 0.3 is 5.97 Å². The van der Waals surface area contributed by atoms with Crippen molar-refractivity contribution in [2.24, 2.45) is 0 Å². The Kier molecular flexibility index (Phi) is 5.61. The number of hydrogen-bond acceptors (Lipinski definition) is 4. The molecule has 3 rings (SSSR count). The Morgan fingerprint density at radius 1 is 1.27 bits per heavy atom. The average Bonchev–Trinajstić information content (AvgIpc) is 2.97. The fourth-order valence-electron chi connectivity index (χ4n) is 2.68. The molecule has 0 fully saturated rings. The maximum Gasteiger partial charge on any atom is 0.310 e. The van der Waals surface area contributed by atoms with Crippen molar-refractivity contribution in [1.82, 2.24) is 0 Å². The van der Waals surface area contributed by atoms with Crippen LogP contribution in [0.2, 0.25) is 0 Å². The molecule has 4 nitrogen and oxygen atoms in total. The molecular weight excluding hydrogens is 403 g/mol. The molecule has 0 amide bonds. The smallest absolute Gasteiger partial charge is 0.310 e. The van der Waals surface area contributed by atoms with Gasteiger partial charge in [-0.1, -0.05) is 12.1 Å². The highest BCUT2D eigenvalue weighted by atomic mass is 79.9. The average molecular weight is 421 g/mol. The Bertz CT molecular complexity index is 948. The zero-order valence-corrected chi connectivity index (χ0v) is 16.1. The summed E-state index contributed by atoms with van der Waals surface area (Å²) in [5, 5.41) is 0.397. The molecule has 1 aromatic heterocycles. The van der Waals surface area contributed by atoms with Crippen molar-refractivity contribution in [3.05, 3.63) is 63.6 Å². The van der Waals surface area contributed by atoms with E-state index in [0.717, 1.165) is 23.0 Å². The highest BCUT2D eigenvalue weighted by Crippen LogP contribution is 2.30. The van der Waals surface area contributed by atoms with Gasteiger partial charge in [0.1, 0.15) is 18.6 Å². The van der Waals surface area contributed by atoms with Crippen LogP contribution in [0.5, 0.6) is 5.75 Å². The van der Waals surface area contributed by atoms with E-state index in [1.807, 2.05) is 31.2 Å². The minimum Gasteiger partial charge on any atom is -0.489 e. The molecule has 0 saturated heterocycles. The largest absolute Gasteiger partial charge is 0.489 e. The van der Waals surface area contributed by atoms with Crippen molar-refractivity contribution >= 4 is 32.9 Å². The Labute approximate surface area is 159 Å². The molecule has 0 spiro atoms. The maximum absolute atomic E-state index is 13.8. The maximum atomic E-state index is 13.8. The van der Waals surface area contributed by atoms with Gasteiger partial charge in [0.15, 0.2) is 11.4 Å². The van der Waals surface area contributed by atoms with Gasteiger partial charge in [0.25, 0.3) is 0 Å². The first-order valence-electron chi connectivity index (χ1n) is 8.21. The highest BCUT2D eigenvalue weighted by Gasteiger charge is 2.13. The first-order chi connectivity index (χ1) is 12.5. The number of ether oxygens (including phenoxy) is 2. The first-order valence-corrected chi connectivity index (χ1v) is 9.00. The quantitative estimate of drug-likeness (QED) is 0.505. The molecule has 0 bridgehead atoms. The predicted octanol–water partition coefficient (Wildman–Crippen LogP) is 5.33. The van der Waals surface area contributed by atoms with Gasteiger partial charge in [0, 0.05) is 5.56 Å². The third-order valence-corrected chi connectivity index (χ3v) is 4.49. The fourth-order valence-corrected chi connectivity index (χ4v) is 3.28. The van der Waals surface area contributed by atoms with E-state index in [4.69, 9.17) is 13.9 Å². The molecule has 0 radical (unpaired) electrons. The molecule has 0 saturated carbocycles. The summed E-state index contributed by atoms with van der Waals surface area (Å²) in [6, 6.07) is 9.17. The van der Waals surface area contributed by atoms with Gasteiger partial charge in [-0.15, -0.1) is 0 Å². The molecule has 3 aromatic rings. The third kappa shape index (κ3) is 4.07. The lowest BCUT2D eigenvalue weighted by molar-refractivity contribution is -0.142. The van der Waals surface area contributed by atoms with Crippen LogP contribution in [-0.2, 0) is 22.6 Å². The lowest BCUT2D eigenvalue weighted by atomic mass is 10.1. The zero-order valence-electron chi connectivity index (χ0n) is 14.5. The number of aryl methyl sites for hydroxylation is 1. The van der Waals surface area contributed by atoms with E-state index < -0.39 is 5.82 Å². The van der Waals surface area contributed by atoms with Gasteiger partial charge in [0.2, 0.25) is 0 Å². The van der Waals surface area contributed by atoms with Crippen LogP contribution in [0.4, 0.5) is 4.39 Å². The van der Waals surface area contributed by atoms with E-state index in [1.54, 1.807) is 13.0 Å². The van der Waals surface area contributed by atoms with Gasteiger partial charge in [-0.2, -0.15) is 0 Å². The molecule has 0 N–H and O–H groups in total. The van der Waals surface area contributed by atoms with Crippen molar-refractivity contribution in [2.75, 3.05) is 6.61 Å². The summed E-state index contributed by atoms with van der Waals surface area (Å²) < 4.78 is 30.6. The number of halogens is 2. The number of furan rings is 1. The predicted molar refractivity (Wildman–Crippen MR) is 99.7 cm³/mol. The normalized spacial score (nSPS) is 10.9. The second-order valence-corrected chi connectivity index (χ2v) is 6.77. The topological polar surface area (TPSA) is 48.7 Å². The Morgan fingerprint density at radius 2 is 2.08 bits per heavy atom. The summed E-state index contributed by atoms with van der Waals surface area (Å²) in [6.07, 6.45) is 1.22. The zero-order chi connectivity index (χ0) is 18.7. The van der Waals surface area contributed by atoms with Crippen molar-refractivity contribution in [2.45, 2.75) is 26.9 Å². The Hall–Kier alpha value is -2.34. The van der Waals surface area contributed by atoms with E-state index in [-0.39, 0.29) is 19.0 Å². The lowest BCUT2D eigenvalue weighted by Crippen LogP contribution is -2.09. The van der Waals surface area contributed by atoms with Gasteiger partial charge in [-0.05, 0) is 59.1 Å². The molecular formula is C20H18BrFO4. The standard InChI is InChI=1S/C20H18BrFO4/c1-3-24-19(23)9-14-5-4-12(2)6-18(14)25-10-13-7-15-17(22)11-26-20(15)16(21)8-13/h4-8,11H,3,9-10H2,1-2H3. The summed E-state index contributed by atoms with van der Waals surface area (Å²) >= 11 is 3.39. The number of carbonyl (C=O) groups is 1.